The Morgan fingerprint density at radius 2 is 2.05 bits per heavy atom. The average molecular weight is 308 g/mol. The quantitative estimate of drug-likeness (QED) is 0.774. The van der Waals surface area contributed by atoms with E-state index < -0.39 is 6.09 Å². The van der Waals surface area contributed by atoms with Crippen LogP contribution in [0.1, 0.15) is 27.2 Å². The van der Waals surface area contributed by atoms with Crippen LogP contribution in [0.5, 0.6) is 5.75 Å². The van der Waals surface area contributed by atoms with Crippen LogP contribution in [0.2, 0.25) is 0 Å². The van der Waals surface area contributed by atoms with Crippen LogP contribution >= 0.6 is 0 Å². The van der Waals surface area contributed by atoms with E-state index in [0.29, 0.717) is 30.5 Å². The van der Waals surface area contributed by atoms with E-state index >= 15 is 0 Å². The standard InChI is InChI=1S/C16H24N2O4/c1-4-21-16(20)18-13-6-5-7-14(10-13)22-11-15(19)17-9-8-12(2)3/h5-7,10,12H,4,8-9,11H2,1-3H3,(H,17,19)(H,18,20). The van der Waals surface area contributed by atoms with Crippen molar-refractivity contribution in [1.29, 1.82) is 0 Å². The van der Waals surface area contributed by atoms with Gasteiger partial charge in [-0.25, -0.2) is 4.79 Å². The van der Waals surface area contributed by atoms with E-state index in [1.807, 2.05) is 0 Å². The molecule has 2 amide bonds. The Labute approximate surface area is 131 Å². The molecule has 0 aliphatic heterocycles. The molecule has 0 aliphatic rings. The van der Waals surface area contributed by atoms with Gasteiger partial charge in [0.05, 0.1) is 6.61 Å². The maximum absolute atomic E-state index is 11.6. The number of carbonyl (C=O) groups excluding carboxylic acids is 2. The first kappa shape index (κ1) is 17.8. The second-order valence-electron chi connectivity index (χ2n) is 5.19. The highest BCUT2D eigenvalue weighted by Crippen LogP contribution is 2.17. The van der Waals surface area contributed by atoms with Gasteiger partial charge in [-0.05, 0) is 31.4 Å². The number of hydrogen-bond donors (Lipinski definition) is 2. The third-order valence-corrected chi connectivity index (χ3v) is 2.77. The average Bonchev–Trinajstić information content (AvgIpc) is 2.45. The van der Waals surface area contributed by atoms with Gasteiger partial charge >= 0.3 is 6.09 Å². The van der Waals surface area contributed by atoms with Gasteiger partial charge in [-0.2, -0.15) is 0 Å². The minimum atomic E-state index is -0.522. The van der Waals surface area contributed by atoms with Crippen molar-refractivity contribution in [1.82, 2.24) is 5.32 Å². The highest BCUT2D eigenvalue weighted by Gasteiger charge is 2.05. The van der Waals surface area contributed by atoms with Crippen molar-refractivity contribution in [3.05, 3.63) is 24.3 Å². The number of carbonyl (C=O) groups is 2. The lowest BCUT2D eigenvalue weighted by Crippen LogP contribution is -2.30. The highest BCUT2D eigenvalue weighted by atomic mass is 16.5. The number of nitrogens with one attached hydrogen (secondary N) is 2. The maximum atomic E-state index is 11.6. The molecule has 0 heterocycles. The van der Waals surface area contributed by atoms with Crippen molar-refractivity contribution in [2.24, 2.45) is 5.92 Å². The van der Waals surface area contributed by atoms with E-state index in [9.17, 15) is 9.59 Å². The van der Waals surface area contributed by atoms with Crippen LogP contribution in [0, 0.1) is 5.92 Å². The smallest absolute Gasteiger partial charge is 0.411 e. The van der Waals surface area contributed by atoms with E-state index in [1.165, 1.54) is 0 Å². The van der Waals surface area contributed by atoms with Crippen molar-refractivity contribution in [2.45, 2.75) is 27.2 Å². The minimum absolute atomic E-state index is 0.0546. The predicted molar refractivity (Wildman–Crippen MR) is 85.0 cm³/mol. The van der Waals surface area contributed by atoms with Crippen molar-refractivity contribution >= 4 is 17.7 Å². The first-order chi connectivity index (χ1) is 10.5. The topological polar surface area (TPSA) is 76.7 Å². The van der Waals surface area contributed by atoms with Crippen LogP contribution in [0.15, 0.2) is 24.3 Å². The Kier molecular flexibility index (Phi) is 7.81. The molecule has 0 saturated heterocycles. The number of anilines is 1. The highest BCUT2D eigenvalue weighted by molar-refractivity contribution is 5.84. The van der Waals surface area contributed by atoms with Crippen molar-refractivity contribution in [3.8, 4) is 5.75 Å². The molecule has 1 aromatic carbocycles. The summed E-state index contributed by atoms with van der Waals surface area (Å²) in [6.07, 6.45) is 0.413. The molecule has 0 atom stereocenters. The van der Waals surface area contributed by atoms with Crippen LogP contribution in [-0.2, 0) is 9.53 Å². The molecular formula is C16H24N2O4. The molecule has 0 fully saturated rings. The van der Waals surface area contributed by atoms with Gasteiger partial charge in [0.15, 0.2) is 6.61 Å². The molecule has 6 nitrogen and oxygen atoms in total. The van der Waals surface area contributed by atoms with Gasteiger partial charge in [-0.3, -0.25) is 10.1 Å². The molecule has 0 saturated carbocycles. The molecule has 0 spiro atoms. The lowest BCUT2D eigenvalue weighted by atomic mass is 10.1. The Hall–Kier alpha value is -2.24. The van der Waals surface area contributed by atoms with E-state index in [4.69, 9.17) is 9.47 Å². The van der Waals surface area contributed by atoms with Crippen LogP contribution in [-0.4, -0.2) is 31.8 Å². The Morgan fingerprint density at radius 1 is 1.27 bits per heavy atom. The van der Waals surface area contributed by atoms with Gasteiger partial charge in [-0.15, -0.1) is 0 Å². The number of ether oxygens (including phenoxy) is 2. The molecule has 1 rings (SSSR count). The summed E-state index contributed by atoms with van der Waals surface area (Å²) >= 11 is 0. The second kappa shape index (κ2) is 9.65. The molecular weight excluding hydrogens is 284 g/mol. The maximum Gasteiger partial charge on any atom is 0.411 e. The molecule has 0 aromatic heterocycles. The van der Waals surface area contributed by atoms with Gasteiger partial charge in [0.1, 0.15) is 5.75 Å². The lowest BCUT2D eigenvalue weighted by Gasteiger charge is -2.10. The summed E-state index contributed by atoms with van der Waals surface area (Å²) in [6, 6.07) is 6.80. The van der Waals surface area contributed by atoms with Crippen LogP contribution in [0.4, 0.5) is 10.5 Å². The van der Waals surface area contributed by atoms with E-state index in [0.717, 1.165) is 6.42 Å². The number of benzene rings is 1. The SMILES string of the molecule is CCOC(=O)Nc1cccc(OCC(=O)NCCC(C)C)c1. The summed E-state index contributed by atoms with van der Waals surface area (Å²) in [7, 11) is 0. The largest absolute Gasteiger partial charge is 0.484 e. The third-order valence-electron chi connectivity index (χ3n) is 2.77. The normalized spacial score (nSPS) is 10.2. The molecule has 0 aliphatic carbocycles. The van der Waals surface area contributed by atoms with E-state index in [-0.39, 0.29) is 12.5 Å². The van der Waals surface area contributed by atoms with Gasteiger partial charge in [-0.1, -0.05) is 19.9 Å². The summed E-state index contributed by atoms with van der Waals surface area (Å²) < 4.78 is 10.2. The second-order valence-corrected chi connectivity index (χ2v) is 5.19. The van der Waals surface area contributed by atoms with Crippen molar-refractivity contribution < 1.29 is 19.1 Å². The van der Waals surface area contributed by atoms with Gasteiger partial charge in [0.25, 0.3) is 5.91 Å². The van der Waals surface area contributed by atoms with E-state index in [1.54, 1.807) is 31.2 Å². The first-order valence-corrected chi connectivity index (χ1v) is 7.44. The Bertz CT molecular complexity index is 489. The summed E-state index contributed by atoms with van der Waals surface area (Å²) in [5.41, 5.74) is 0.552. The summed E-state index contributed by atoms with van der Waals surface area (Å²) in [4.78, 5) is 22.9. The van der Waals surface area contributed by atoms with Crippen LogP contribution in [0.25, 0.3) is 0 Å². The molecule has 0 radical (unpaired) electrons. The zero-order valence-electron chi connectivity index (χ0n) is 13.3. The monoisotopic (exact) mass is 308 g/mol. The predicted octanol–water partition coefficient (Wildman–Crippen LogP) is 2.80. The molecule has 1 aromatic rings. The number of rotatable bonds is 8. The Morgan fingerprint density at radius 3 is 2.73 bits per heavy atom. The summed E-state index contributed by atoms with van der Waals surface area (Å²) in [5, 5.41) is 5.37. The molecule has 22 heavy (non-hydrogen) atoms. The van der Waals surface area contributed by atoms with Crippen molar-refractivity contribution in [3.63, 3.8) is 0 Å². The molecule has 0 bridgehead atoms. The van der Waals surface area contributed by atoms with Gasteiger partial charge < -0.3 is 14.8 Å². The number of amides is 2. The summed E-state index contributed by atoms with van der Waals surface area (Å²) in [5.74, 6) is 0.893. The Balaban J connectivity index is 2.39. The fraction of sp³-hybridized carbons (Fsp3) is 0.500. The fourth-order valence-corrected chi connectivity index (χ4v) is 1.65. The van der Waals surface area contributed by atoms with Crippen molar-refractivity contribution in [2.75, 3.05) is 25.1 Å². The molecule has 122 valence electrons. The van der Waals surface area contributed by atoms with Gasteiger partial charge in [0.2, 0.25) is 0 Å². The third kappa shape index (κ3) is 7.52. The van der Waals surface area contributed by atoms with E-state index in [2.05, 4.69) is 24.5 Å². The molecule has 0 unspecified atom stereocenters. The summed E-state index contributed by atoms with van der Waals surface area (Å²) in [6.45, 7) is 6.83. The lowest BCUT2D eigenvalue weighted by molar-refractivity contribution is -0.123. The van der Waals surface area contributed by atoms with Crippen LogP contribution < -0.4 is 15.4 Å². The van der Waals surface area contributed by atoms with Gasteiger partial charge in [0, 0.05) is 18.3 Å². The number of hydrogen-bond acceptors (Lipinski definition) is 4. The van der Waals surface area contributed by atoms with Crippen LogP contribution in [0.3, 0.4) is 0 Å². The zero-order chi connectivity index (χ0) is 16.4. The molecule has 2 N–H and O–H groups in total. The first-order valence-electron chi connectivity index (χ1n) is 7.44. The fourth-order valence-electron chi connectivity index (χ4n) is 1.65. The zero-order valence-corrected chi connectivity index (χ0v) is 13.3. The minimum Gasteiger partial charge on any atom is -0.484 e. The molecule has 6 heteroatoms.